The molecule has 49 heavy (non-hydrogen) atoms. The average Bonchev–Trinajstić information content (AvgIpc) is 3.69. The van der Waals surface area contributed by atoms with E-state index in [0.717, 1.165) is 49.4 Å². The van der Waals surface area contributed by atoms with E-state index in [0.29, 0.717) is 17.5 Å². The van der Waals surface area contributed by atoms with Crippen molar-refractivity contribution in [1.82, 2.24) is 15.0 Å². The number of aromatic nitrogens is 3. The number of hydrogen-bond donors (Lipinski definition) is 0. The molecule has 4 nitrogen and oxygen atoms in total. The van der Waals surface area contributed by atoms with Gasteiger partial charge in [-0.2, -0.15) is 0 Å². The van der Waals surface area contributed by atoms with Crippen molar-refractivity contribution in [3.8, 4) is 56.4 Å². The summed E-state index contributed by atoms with van der Waals surface area (Å²) in [6.07, 6.45) is 0. The molecule has 0 saturated carbocycles. The van der Waals surface area contributed by atoms with Crippen molar-refractivity contribution < 1.29 is 4.42 Å². The highest BCUT2D eigenvalue weighted by molar-refractivity contribution is 6.20. The minimum absolute atomic E-state index is 0.612. The van der Waals surface area contributed by atoms with Crippen LogP contribution in [0.15, 0.2) is 156 Å². The van der Waals surface area contributed by atoms with Gasteiger partial charge in [-0.15, -0.1) is 0 Å². The second-order valence-electron chi connectivity index (χ2n) is 12.8. The molecule has 0 amide bonds. The number of benzene rings is 8. The van der Waals surface area contributed by atoms with Gasteiger partial charge in [0.2, 0.25) is 0 Å². The lowest BCUT2D eigenvalue weighted by Crippen LogP contribution is -2.00. The number of nitrogens with zero attached hydrogens (tertiary/aromatic N) is 3. The van der Waals surface area contributed by atoms with Crippen LogP contribution < -0.4 is 0 Å². The van der Waals surface area contributed by atoms with Crippen molar-refractivity contribution in [2.24, 2.45) is 0 Å². The summed E-state index contributed by atoms with van der Waals surface area (Å²) in [5.74, 6) is 1.87. The highest BCUT2D eigenvalue weighted by Crippen LogP contribution is 2.50. The lowest BCUT2D eigenvalue weighted by atomic mass is 9.99. The summed E-state index contributed by atoms with van der Waals surface area (Å²) >= 11 is 0. The van der Waals surface area contributed by atoms with Gasteiger partial charge in [0.05, 0.1) is 0 Å². The van der Waals surface area contributed by atoms with E-state index in [1.165, 1.54) is 43.8 Å². The van der Waals surface area contributed by atoms with Gasteiger partial charge >= 0.3 is 0 Å². The van der Waals surface area contributed by atoms with Crippen LogP contribution in [-0.4, -0.2) is 15.0 Å². The molecule has 11 rings (SSSR count). The molecule has 0 spiro atoms. The van der Waals surface area contributed by atoms with Crippen molar-refractivity contribution in [3.05, 3.63) is 152 Å². The van der Waals surface area contributed by atoms with Gasteiger partial charge in [-0.1, -0.05) is 121 Å². The highest BCUT2D eigenvalue weighted by Gasteiger charge is 2.25. The first-order valence-corrected chi connectivity index (χ1v) is 16.5. The molecule has 0 atom stereocenters. The molecule has 226 valence electrons. The summed E-state index contributed by atoms with van der Waals surface area (Å²) in [5.41, 5.74) is 9.40. The molecule has 0 unspecified atom stereocenters. The Morgan fingerprint density at radius 2 is 0.857 bits per heavy atom. The zero-order chi connectivity index (χ0) is 32.1. The van der Waals surface area contributed by atoms with Gasteiger partial charge in [0.25, 0.3) is 0 Å². The molecule has 8 aromatic carbocycles. The SMILES string of the molecule is c1ccc2cc(-c3nc(-c4ccc5ccccc5c4)nc(-c4cccc5oc6cc7c(cc6c45)-c4cccc5cccc-7c45)n3)ccc2c1. The molecular formula is C45H25N3O. The standard InChI is InChI=1S/C45H25N3O/c1-3-10-29-22-31(20-18-26(29)8-1)43-46-44(32-21-19-27-9-2-4-11-30(27)23-32)48-45(47-43)35-16-7-17-39-42(35)38-24-36-33-14-5-12-28-13-6-15-34(41(28)33)37(36)25-40(38)49-39/h1-25H. The van der Waals surface area contributed by atoms with Crippen LogP contribution in [0.5, 0.6) is 0 Å². The Hall–Kier alpha value is -6.65. The first kappa shape index (κ1) is 26.4. The summed E-state index contributed by atoms with van der Waals surface area (Å²) in [6.45, 7) is 0. The molecule has 4 heteroatoms. The molecule has 2 heterocycles. The minimum atomic E-state index is 0.612. The van der Waals surface area contributed by atoms with Crippen LogP contribution in [-0.2, 0) is 0 Å². The zero-order valence-electron chi connectivity index (χ0n) is 26.2. The third-order valence-electron chi connectivity index (χ3n) is 10.0. The van der Waals surface area contributed by atoms with E-state index < -0.39 is 0 Å². The molecule has 1 aliphatic carbocycles. The van der Waals surface area contributed by atoms with Crippen molar-refractivity contribution in [2.75, 3.05) is 0 Å². The molecule has 0 radical (unpaired) electrons. The Balaban J connectivity index is 1.17. The topological polar surface area (TPSA) is 51.8 Å². The lowest BCUT2D eigenvalue weighted by Gasteiger charge is -2.10. The summed E-state index contributed by atoms with van der Waals surface area (Å²) < 4.78 is 6.59. The number of rotatable bonds is 3. The van der Waals surface area contributed by atoms with Gasteiger partial charge in [-0.05, 0) is 84.9 Å². The van der Waals surface area contributed by atoms with Crippen LogP contribution in [0.25, 0.3) is 111 Å². The summed E-state index contributed by atoms with van der Waals surface area (Å²) in [4.78, 5) is 15.4. The first-order chi connectivity index (χ1) is 24.2. The molecule has 1 aliphatic rings. The van der Waals surface area contributed by atoms with Gasteiger partial charge in [0.1, 0.15) is 11.2 Å². The number of hydrogen-bond acceptors (Lipinski definition) is 4. The average molecular weight is 624 g/mol. The van der Waals surface area contributed by atoms with E-state index >= 15 is 0 Å². The lowest BCUT2D eigenvalue weighted by molar-refractivity contribution is 0.669. The normalized spacial score (nSPS) is 12.1. The first-order valence-electron chi connectivity index (χ1n) is 16.5. The maximum atomic E-state index is 6.59. The Labute approximate surface area is 281 Å². The molecule has 0 aliphatic heterocycles. The fourth-order valence-corrected chi connectivity index (χ4v) is 7.71. The largest absolute Gasteiger partial charge is 0.456 e. The molecule has 0 fully saturated rings. The molecule has 0 bridgehead atoms. The zero-order valence-corrected chi connectivity index (χ0v) is 26.2. The van der Waals surface area contributed by atoms with Crippen molar-refractivity contribution in [3.63, 3.8) is 0 Å². The van der Waals surface area contributed by atoms with Crippen molar-refractivity contribution >= 4 is 54.3 Å². The molecule has 0 saturated heterocycles. The second-order valence-corrected chi connectivity index (χ2v) is 12.8. The van der Waals surface area contributed by atoms with Gasteiger partial charge in [0, 0.05) is 27.5 Å². The van der Waals surface area contributed by atoms with E-state index in [1.807, 2.05) is 12.1 Å². The maximum Gasteiger partial charge on any atom is 0.164 e. The highest BCUT2D eigenvalue weighted by atomic mass is 16.3. The van der Waals surface area contributed by atoms with Crippen LogP contribution in [0.3, 0.4) is 0 Å². The van der Waals surface area contributed by atoms with Crippen LogP contribution in [0, 0.1) is 0 Å². The summed E-state index contributed by atoms with van der Waals surface area (Å²) in [7, 11) is 0. The van der Waals surface area contributed by atoms with E-state index in [1.54, 1.807) is 0 Å². The summed E-state index contributed by atoms with van der Waals surface area (Å²) in [6, 6.07) is 53.3. The van der Waals surface area contributed by atoms with E-state index in [9.17, 15) is 0 Å². The van der Waals surface area contributed by atoms with Crippen LogP contribution in [0.4, 0.5) is 0 Å². The van der Waals surface area contributed by atoms with E-state index in [-0.39, 0.29) is 0 Å². The molecule has 2 aromatic heterocycles. The molecule has 0 N–H and O–H groups in total. The summed E-state index contributed by atoms with van der Waals surface area (Å²) in [5, 5.41) is 9.24. The van der Waals surface area contributed by atoms with Crippen molar-refractivity contribution in [1.29, 1.82) is 0 Å². The third kappa shape index (κ3) is 3.95. The van der Waals surface area contributed by atoms with Crippen LogP contribution >= 0.6 is 0 Å². The number of fused-ring (bicyclic) bond motifs is 8. The Morgan fingerprint density at radius 3 is 1.51 bits per heavy atom. The van der Waals surface area contributed by atoms with Crippen LogP contribution in [0.1, 0.15) is 0 Å². The predicted molar refractivity (Wildman–Crippen MR) is 200 cm³/mol. The molecular weight excluding hydrogens is 599 g/mol. The predicted octanol–water partition coefficient (Wildman–Crippen LogP) is 11.9. The van der Waals surface area contributed by atoms with E-state index in [2.05, 4.69) is 140 Å². The second kappa shape index (κ2) is 9.93. The molecule has 10 aromatic rings. The minimum Gasteiger partial charge on any atom is -0.456 e. The Bertz CT molecular complexity index is 2910. The Morgan fingerprint density at radius 1 is 0.327 bits per heavy atom. The van der Waals surface area contributed by atoms with Crippen LogP contribution in [0.2, 0.25) is 0 Å². The Kier molecular flexibility index (Phi) is 5.35. The quantitative estimate of drug-likeness (QED) is 0.196. The van der Waals surface area contributed by atoms with Gasteiger partial charge in [-0.25, -0.2) is 15.0 Å². The smallest absolute Gasteiger partial charge is 0.164 e. The fraction of sp³-hybridized carbons (Fsp3) is 0. The monoisotopic (exact) mass is 623 g/mol. The van der Waals surface area contributed by atoms with Gasteiger partial charge < -0.3 is 4.42 Å². The fourth-order valence-electron chi connectivity index (χ4n) is 7.71. The third-order valence-corrected chi connectivity index (χ3v) is 10.0. The van der Waals surface area contributed by atoms with Gasteiger partial charge in [-0.3, -0.25) is 0 Å². The van der Waals surface area contributed by atoms with E-state index in [4.69, 9.17) is 19.4 Å². The van der Waals surface area contributed by atoms with Crippen molar-refractivity contribution in [2.45, 2.75) is 0 Å². The maximum absolute atomic E-state index is 6.59. The number of furan rings is 1. The van der Waals surface area contributed by atoms with Gasteiger partial charge in [0.15, 0.2) is 17.5 Å².